The van der Waals surface area contributed by atoms with Crippen molar-refractivity contribution in [2.75, 3.05) is 19.7 Å². The van der Waals surface area contributed by atoms with E-state index in [1.54, 1.807) is 6.92 Å². The van der Waals surface area contributed by atoms with Crippen LogP contribution < -0.4 is 5.73 Å². The SMILES string of the molecule is CC(OCCCCN1CCc2ccccc2C1)C([NH3+])=O. The summed E-state index contributed by atoms with van der Waals surface area (Å²) in [4.78, 5) is 13.4. The zero-order valence-electron chi connectivity index (χ0n) is 12.3. The highest BCUT2D eigenvalue weighted by Crippen LogP contribution is 2.18. The number of fused-ring (bicyclic) bond motifs is 1. The van der Waals surface area contributed by atoms with Gasteiger partial charge >= 0.3 is 5.91 Å². The van der Waals surface area contributed by atoms with Gasteiger partial charge in [0.1, 0.15) is 0 Å². The molecule has 0 bridgehead atoms. The number of carbonyl (C=O) groups is 1. The van der Waals surface area contributed by atoms with Crippen LogP contribution in [0.2, 0.25) is 0 Å². The van der Waals surface area contributed by atoms with Gasteiger partial charge in [-0.2, -0.15) is 0 Å². The van der Waals surface area contributed by atoms with Crippen molar-refractivity contribution in [2.45, 2.75) is 38.8 Å². The third kappa shape index (κ3) is 4.40. The fraction of sp³-hybridized carbons (Fsp3) is 0.562. The molecule has 0 aliphatic carbocycles. The van der Waals surface area contributed by atoms with Crippen molar-refractivity contribution in [3.63, 3.8) is 0 Å². The zero-order valence-corrected chi connectivity index (χ0v) is 12.3. The molecule has 1 aliphatic heterocycles. The molecule has 2 rings (SSSR count). The molecule has 110 valence electrons. The summed E-state index contributed by atoms with van der Waals surface area (Å²) in [6, 6.07) is 8.70. The van der Waals surface area contributed by atoms with Gasteiger partial charge in [0.15, 0.2) is 6.10 Å². The van der Waals surface area contributed by atoms with E-state index in [2.05, 4.69) is 34.9 Å². The van der Waals surface area contributed by atoms with Crippen LogP contribution in [-0.4, -0.2) is 36.6 Å². The first kappa shape index (κ1) is 15.2. The van der Waals surface area contributed by atoms with Gasteiger partial charge in [-0.1, -0.05) is 24.3 Å². The maximum absolute atomic E-state index is 10.9. The number of hydrogen-bond donors (Lipinski definition) is 1. The maximum Gasteiger partial charge on any atom is 0.337 e. The minimum Gasteiger partial charge on any atom is -0.364 e. The molecule has 0 fully saturated rings. The highest BCUT2D eigenvalue weighted by atomic mass is 16.5. The number of unbranched alkanes of at least 4 members (excludes halogenated alkanes) is 1. The molecule has 4 heteroatoms. The Bertz CT molecular complexity index is 448. The molecule has 1 amide bonds. The van der Waals surface area contributed by atoms with Gasteiger partial charge in [-0.05, 0) is 43.9 Å². The molecule has 1 aromatic rings. The van der Waals surface area contributed by atoms with Crippen LogP contribution in [0.1, 0.15) is 30.9 Å². The third-order valence-electron chi connectivity index (χ3n) is 3.90. The minimum atomic E-state index is -0.364. The Labute approximate surface area is 120 Å². The first-order valence-corrected chi connectivity index (χ1v) is 7.43. The number of amides is 1. The van der Waals surface area contributed by atoms with Crippen LogP contribution in [0.3, 0.4) is 0 Å². The summed E-state index contributed by atoms with van der Waals surface area (Å²) >= 11 is 0. The molecule has 1 unspecified atom stereocenters. The first-order valence-electron chi connectivity index (χ1n) is 7.43. The third-order valence-corrected chi connectivity index (χ3v) is 3.90. The van der Waals surface area contributed by atoms with Gasteiger partial charge in [-0.3, -0.25) is 10.6 Å². The number of carbonyl (C=O) groups excluding carboxylic acids is 1. The topological polar surface area (TPSA) is 57.2 Å². The smallest absolute Gasteiger partial charge is 0.337 e. The second-order valence-corrected chi connectivity index (χ2v) is 5.48. The lowest BCUT2D eigenvalue weighted by Crippen LogP contribution is -2.62. The number of quaternary nitrogens is 1. The van der Waals surface area contributed by atoms with Crippen molar-refractivity contribution in [3.8, 4) is 0 Å². The van der Waals surface area contributed by atoms with E-state index in [-0.39, 0.29) is 12.0 Å². The van der Waals surface area contributed by atoms with Crippen molar-refractivity contribution >= 4 is 5.91 Å². The van der Waals surface area contributed by atoms with Gasteiger partial charge in [-0.25, -0.2) is 4.79 Å². The molecule has 3 N–H and O–H groups in total. The van der Waals surface area contributed by atoms with E-state index >= 15 is 0 Å². The molecule has 4 nitrogen and oxygen atoms in total. The molecule has 1 heterocycles. The average Bonchev–Trinajstić information content (AvgIpc) is 2.46. The number of benzene rings is 1. The molecule has 20 heavy (non-hydrogen) atoms. The quantitative estimate of drug-likeness (QED) is 0.756. The molecule has 0 saturated heterocycles. The minimum absolute atomic E-state index is 0.141. The zero-order chi connectivity index (χ0) is 14.4. The fourth-order valence-electron chi connectivity index (χ4n) is 2.54. The van der Waals surface area contributed by atoms with Crippen molar-refractivity contribution in [3.05, 3.63) is 35.4 Å². The monoisotopic (exact) mass is 277 g/mol. The summed E-state index contributed by atoms with van der Waals surface area (Å²) in [5.74, 6) is -0.141. The normalized spacial score (nSPS) is 16.7. The van der Waals surface area contributed by atoms with Crippen molar-refractivity contribution < 1.29 is 15.3 Å². The average molecular weight is 277 g/mol. The molecule has 1 aliphatic rings. The van der Waals surface area contributed by atoms with Gasteiger partial charge in [0.25, 0.3) is 0 Å². The van der Waals surface area contributed by atoms with E-state index in [9.17, 15) is 4.79 Å². The second kappa shape index (κ2) is 7.53. The van der Waals surface area contributed by atoms with E-state index < -0.39 is 0 Å². The molecule has 1 atom stereocenters. The summed E-state index contributed by atoms with van der Waals surface area (Å²) in [7, 11) is 0. The Morgan fingerprint density at radius 1 is 1.35 bits per heavy atom. The highest BCUT2D eigenvalue weighted by Gasteiger charge is 2.15. The van der Waals surface area contributed by atoms with E-state index in [0.717, 1.165) is 38.9 Å². The van der Waals surface area contributed by atoms with Crippen LogP contribution in [-0.2, 0) is 22.5 Å². The van der Waals surface area contributed by atoms with Crippen molar-refractivity contribution in [2.24, 2.45) is 0 Å². The summed E-state index contributed by atoms with van der Waals surface area (Å²) < 4.78 is 5.42. The lowest BCUT2D eigenvalue weighted by molar-refractivity contribution is -0.315. The number of hydrogen-bond acceptors (Lipinski definition) is 3. The highest BCUT2D eigenvalue weighted by molar-refractivity contribution is 5.69. The number of ether oxygens (including phenoxy) is 1. The molecular weight excluding hydrogens is 252 g/mol. The predicted molar refractivity (Wildman–Crippen MR) is 78.0 cm³/mol. The summed E-state index contributed by atoms with van der Waals surface area (Å²) in [6.07, 6.45) is 2.90. The molecule has 0 spiro atoms. The van der Waals surface area contributed by atoms with Gasteiger partial charge in [0, 0.05) is 19.7 Å². The van der Waals surface area contributed by atoms with Gasteiger partial charge < -0.3 is 4.74 Å². The van der Waals surface area contributed by atoms with Crippen LogP contribution in [0, 0.1) is 0 Å². The first-order chi connectivity index (χ1) is 9.66. The molecule has 1 aromatic carbocycles. The van der Waals surface area contributed by atoms with E-state index in [1.165, 1.54) is 11.1 Å². The Kier molecular flexibility index (Phi) is 5.71. The van der Waals surface area contributed by atoms with Crippen molar-refractivity contribution in [1.82, 2.24) is 4.90 Å². The van der Waals surface area contributed by atoms with Crippen LogP contribution >= 0.6 is 0 Å². The Morgan fingerprint density at radius 2 is 2.10 bits per heavy atom. The maximum atomic E-state index is 10.9. The predicted octanol–water partition coefficient (Wildman–Crippen LogP) is 0.998. The summed E-state index contributed by atoms with van der Waals surface area (Å²) in [5, 5.41) is 0. The van der Waals surface area contributed by atoms with Gasteiger partial charge in [-0.15, -0.1) is 0 Å². The lowest BCUT2D eigenvalue weighted by Gasteiger charge is -2.28. The van der Waals surface area contributed by atoms with Crippen LogP contribution in [0.4, 0.5) is 0 Å². The van der Waals surface area contributed by atoms with Gasteiger partial charge in [0.05, 0.1) is 0 Å². The van der Waals surface area contributed by atoms with E-state index in [1.807, 2.05) is 0 Å². The van der Waals surface area contributed by atoms with Crippen molar-refractivity contribution in [1.29, 1.82) is 0 Å². The second-order valence-electron chi connectivity index (χ2n) is 5.48. The van der Waals surface area contributed by atoms with E-state index in [0.29, 0.717) is 6.61 Å². The lowest BCUT2D eigenvalue weighted by atomic mass is 10.00. The van der Waals surface area contributed by atoms with Crippen LogP contribution in [0.5, 0.6) is 0 Å². The number of rotatable bonds is 7. The fourth-order valence-corrected chi connectivity index (χ4v) is 2.54. The Morgan fingerprint density at radius 3 is 2.85 bits per heavy atom. The molecule has 0 aromatic heterocycles. The van der Waals surface area contributed by atoms with Crippen LogP contribution in [0.25, 0.3) is 0 Å². The van der Waals surface area contributed by atoms with E-state index in [4.69, 9.17) is 4.74 Å². The van der Waals surface area contributed by atoms with Gasteiger partial charge in [0.2, 0.25) is 0 Å². The largest absolute Gasteiger partial charge is 0.364 e. The number of nitrogens with zero attached hydrogens (tertiary/aromatic N) is 1. The molecule has 0 radical (unpaired) electrons. The molecule has 0 saturated carbocycles. The summed E-state index contributed by atoms with van der Waals surface area (Å²) in [6.45, 7) is 5.71. The van der Waals surface area contributed by atoms with Crippen LogP contribution in [0.15, 0.2) is 24.3 Å². The summed E-state index contributed by atoms with van der Waals surface area (Å²) in [5.41, 5.74) is 6.32. The Balaban J connectivity index is 1.63. The standard InChI is InChI=1S/C16H24N2O2/c1-13(16(17)19)20-11-5-4-9-18-10-8-14-6-2-3-7-15(14)12-18/h2-3,6-7,13H,4-5,8-12H2,1H3,(H2,17,19)/p+1. The molecular formula is C16H25N2O2+. The Hall–Kier alpha value is -1.23.